The lowest BCUT2D eigenvalue weighted by Gasteiger charge is -2.12. The molecule has 19 heavy (non-hydrogen) atoms. The second kappa shape index (κ2) is 5.88. The molecule has 0 radical (unpaired) electrons. The molecule has 0 spiro atoms. The Morgan fingerprint density at radius 1 is 1.42 bits per heavy atom. The molecule has 0 fully saturated rings. The summed E-state index contributed by atoms with van der Waals surface area (Å²) in [5, 5.41) is 0. The average molecular weight is 327 g/mol. The van der Waals surface area contributed by atoms with Gasteiger partial charge in [0.2, 0.25) is 0 Å². The van der Waals surface area contributed by atoms with E-state index >= 15 is 0 Å². The quantitative estimate of drug-likeness (QED) is 0.937. The molecule has 0 aliphatic rings. The van der Waals surface area contributed by atoms with E-state index in [1.807, 2.05) is 0 Å². The van der Waals surface area contributed by atoms with E-state index in [2.05, 4.69) is 20.9 Å². The highest BCUT2D eigenvalue weighted by molar-refractivity contribution is 9.10. The molecule has 2 rings (SSSR count). The highest BCUT2D eigenvalue weighted by Crippen LogP contribution is 2.27. The van der Waals surface area contributed by atoms with Crippen LogP contribution >= 0.6 is 15.9 Å². The molecule has 0 unspecified atom stereocenters. The van der Waals surface area contributed by atoms with Gasteiger partial charge in [-0.05, 0) is 28.1 Å². The number of benzene rings is 1. The summed E-state index contributed by atoms with van der Waals surface area (Å²) in [4.78, 5) is 3.95. The lowest BCUT2D eigenvalue weighted by Crippen LogP contribution is -2.03. The summed E-state index contributed by atoms with van der Waals surface area (Å²) in [6.07, 6.45) is 1.57. The van der Waals surface area contributed by atoms with Gasteiger partial charge in [-0.2, -0.15) is 0 Å². The van der Waals surface area contributed by atoms with E-state index in [9.17, 15) is 4.39 Å². The molecular formula is C13H12BrFN2O2. The van der Waals surface area contributed by atoms with Crippen molar-refractivity contribution in [2.75, 3.05) is 12.8 Å². The Balaban J connectivity index is 2.19. The summed E-state index contributed by atoms with van der Waals surface area (Å²) in [6.45, 7) is 0.142. The summed E-state index contributed by atoms with van der Waals surface area (Å²) in [5.41, 5.74) is 6.29. The Morgan fingerprint density at radius 3 is 2.95 bits per heavy atom. The van der Waals surface area contributed by atoms with Crippen LogP contribution in [0.5, 0.6) is 11.5 Å². The number of halogens is 2. The third-order valence-electron chi connectivity index (χ3n) is 2.48. The van der Waals surface area contributed by atoms with Crippen molar-refractivity contribution in [3.8, 4) is 11.5 Å². The van der Waals surface area contributed by atoms with Crippen LogP contribution in [0.1, 0.15) is 5.56 Å². The largest absolute Gasteiger partial charge is 0.493 e. The molecule has 2 N–H and O–H groups in total. The van der Waals surface area contributed by atoms with Gasteiger partial charge in [0.15, 0.2) is 23.1 Å². The molecule has 0 amide bonds. The molecule has 2 aromatic rings. The van der Waals surface area contributed by atoms with Gasteiger partial charge in [-0.3, -0.25) is 0 Å². The predicted octanol–water partition coefficient (Wildman–Crippen LogP) is 3.15. The topological polar surface area (TPSA) is 57.4 Å². The van der Waals surface area contributed by atoms with Crippen molar-refractivity contribution in [3.63, 3.8) is 0 Å². The van der Waals surface area contributed by atoms with Crippen molar-refractivity contribution in [3.05, 3.63) is 46.3 Å². The number of methoxy groups -OCH3 is 1. The third-order valence-corrected chi connectivity index (χ3v) is 2.92. The zero-order valence-electron chi connectivity index (χ0n) is 10.2. The smallest absolute Gasteiger partial charge is 0.166 e. The van der Waals surface area contributed by atoms with Crippen LogP contribution in [-0.4, -0.2) is 12.1 Å². The maximum absolute atomic E-state index is 13.5. The van der Waals surface area contributed by atoms with E-state index in [4.69, 9.17) is 15.2 Å². The zero-order chi connectivity index (χ0) is 13.8. The summed E-state index contributed by atoms with van der Waals surface area (Å²) < 4.78 is 24.8. The first-order chi connectivity index (χ1) is 9.11. The summed E-state index contributed by atoms with van der Waals surface area (Å²) in [7, 11) is 1.41. The van der Waals surface area contributed by atoms with E-state index in [1.165, 1.54) is 13.2 Å². The average Bonchev–Trinajstić information content (AvgIpc) is 2.40. The molecule has 1 heterocycles. The molecule has 6 heteroatoms. The van der Waals surface area contributed by atoms with Crippen LogP contribution in [0.3, 0.4) is 0 Å². The number of ether oxygens (including phenoxy) is 2. The first kappa shape index (κ1) is 13.6. The number of aromatic nitrogens is 1. The molecule has 0 aliphatic carbocycles. The first-order valence-electron chi connectivity index (χ1n) is 5.47. The Labute approximate surface area is 118 Å². The molecule has 100 valence electrons. The van der Waals surface area contributed by atoms with Gasteiger partial charge in [-0.1, -0.05) is 12.1 Å². The standard InChI is InChI=1S/C13H12BrFN2O2/c1-18-12-8(3-2-4-10(12)15)7-19-11-5-9(14)6-17-13(11)16/h2-6H,7H2,1H3,(H2,16,17). The number of nitrogens with zero attached hydrogens (tertiary/aromatic N) is 1. The highest BCUT2D eigenvalue weighted by Gasteiger charge is 2.10. The number of nitrogen functional groups attached to an aromatic ring is 1. The van der Waals surface area contributed by atoms with Crippen molar-refractivity contribution in [1.29, 1.82) is 0 Å². The number of hydrogen-bond acceptors (Lipinski definition) is 4. The van der Waals surface area contributed by atoms with Gasteiger partial charge >= 0.3 is 0 Å². The van der Waals surface area contributed by atoms with Gasteiger partial charge in [0, 0.05) is 16.2 Å². The summed E-state index contributed by atoms with van der Waals surface area (Å²) in [5.74, 6) is 0.451. The van der Waals surface area contributed by atoms with Crippen molar-refractivity contribution >= 4 is 21.7 Å². The lowest BCUT2D eigenvalue weighted by molar-refractivity contribution is 0.293. The van der Waals surface area contributed by atoms with Crippen molar-refractivity contribution in [2.24, 2.45) is 0 Å². The Kier molecular flexibility index (Phi) is 4.21. The fourth-order valence-corrected chi connectivity index (χ4v) is 1.91. The van der Waals surface area contributed by atoms with Gasteiger partial charge in [-0.15, -0.1) is 0 Å². The predicted molar refractivity (Wildman–Crippen MR) is 73.6 cm³/mol. The van der Waals surface area contributed by atoms with Gasteiger partial charge in [0.05, 0.1) is 7.11 Å². The van der Waals surface area contributed by atoms with E-state index < -0.39 is 5.82 Å². The normalized spacial score (nSPS) is 10.3. The van der Waals surface area contributed by atoms with Crippen LogP contribution in [0, 0.1) is 5.82 Å². The van der Waals surface area contributed by atoms with Crippen molar-refractivity contribution in [1.82, 2.24) is 4.98 Å². The summed E-state index contributed by atoms with van der Waals surface area (Å²) >= 11 is 3.28. The molecule has 0 saturated carbocycles. The lowest BCUT2D eigenvalue weighted by atomic mass is 10.2. The molecule has 0 saturated heterocycles. The maximum Gasteiger partial charge on any atom is 0.166 e. The fraction of sp³-hybridized carbons (Fsp3) is 0.154. The molecule has 1 aromatic carbocycles. The van der Waals surface area contributed by atoms with E-state index in [0.29, 0.717) is 11.3 Å². The monoisotopic (exact) mass is 326 g/mol. The molecule has 0 atom stereocenters. The second-order valence-corrected chi connectivity index (χ2v) is 4.67. The molecule has 1 aromatic heterocycles. The van der Waals surface area contributed by atoms with Gasteiger partial charge in [0.25, 0.3) is 0 Å². The minimum absolute atomic E-state index is 0.142. The maximum atomic E-state index is 13.5. The van der Waals surface area contributed by atoms with Crippen LogP contribution < -0.4 is 15.2 Å². The van der Waals surface area contributed by atoms with Crippen LogP contribution in [0.25, 0.3) is 0 Å². The zero-order valence-corrected chi connectivity index (χ0v) is 11.8. The first-order valence-corrected chi connectivity index (χ1v) is 6.26. The van der Waals surface area contributed by atoms with Crippen LogP contribution in [0.15, 0.2) is 34.9 Å². The molecule has 0 bridgehead atoms. The van der Waals surface area contributed by atoms with E-state index in [-0.39, 0.29) is 18.2 Å². The van der Waals surface area contributed by atoms with Gasteiger partial charge in [0.1, 0.15) is 6.61 Å². The Bertz CT molecular complexity index is 593. The van der Waals surface area contributed by atoms with Crippen LogP contribution in [-0.2, 0) is 6.61 Å². The number of nitrogens with two attached hydrogens (primary N) is 1. The Morgan fingerprint density at radius 2 is 2.21 bits per heavy atom. The SMILES string of the molecule is COc1c(F)cccc1COc1cc(Br)cnc1N. The van der Waals surface area contributed by atoms with Gasteiger partial charge < -0.3 is 15.2 Å². The molecular weight excluding hydrogens is 315 g/mol. The minimum atomic E-state index is -0.427. The number of para-hydroxylation sites is 1. The number of rotatable bonds is 4. The second-order valence-electron chi connectivity index (χ2n) is 3.76. The number of hydrogen-bond donors (Lipinski definition) is 1. The number of pyridine rings is 1. The van der Waals surface area contributed by atoms with Gasteiger partial charge in [-0.25, -0.2) is 9.37 Å². The minimum Gasteiger partial charge on any atom is -0.493 e. The van der Waals surface area contributed by atoms with E-state index in [1.54, 1.807) is 24.4 Å². The van der Waals surface area contributed by atoms with Crippen molar-refractivity contribution < 1.29 is 13.9 Å². The summed E-state index contributed by atoms with van der Waals surface area (Å²) in [6, 6.07) is 6.36. The van der Waals surface area contributed by atoms with Crippen molar-refractivity contribution in [2.45, 2.75) is 6.61 Å². The van der Waals surface area contributed by atoms with E-state index in [0.717, 1.165) is 4.47 Å². The highest BCUT2D eigenvalue weighted by atomic mass is 79.9. The Hall–Kier alpha value is -1.82. The molecule has 0 aliphatic heterocycles. The van der Waals surface area contributed by atoms with Crippen LogP contribution in [0.2, 0.25) is 0 Å². The molecule has 4 nitrogen and oxygen atoms in total. The third kappa shape index (κ3) is 3.14. The van der Waals surface area contributed by atoms with Crippen LogP contribution in [0.4, 0.5) is 10.2 Å². The fourth-order valence-electron chi connectivity index (χ4n) is 1.60. The number of anilines is 1.